The fraction of sp³-hybridized carbons (Fsp3) is 0.643. The maximum absolute atomic E-state index is 12.7. The molecule has 0 bridgehead atoms. The molecule has 0 spiro atoms. The van der Waals surface area contributed by atoms with Crippen LogP contribution in [0.25, 0.3) is 0 Å². The van der Waals surface area contributed by atoms with Crippen LogP contribution in [0.1, 0.15) is 19.8 Å². The molecule has 0 amide bonds. The molecule has 1 aromatic rings. The Balaban J connectivity index is 1.54. The average molecular weight is 268 g/mol. The van der Waals surface area contributed by atoms with Crippen LogP contribution in [0.5, 0.6) is 5.75 Å². The first kappa shape index (κ1) is 12.6. The Morgan fingerprint density at radius 2 is 2.26 bits per heavy atom. The molecule has 0 radical (unpaired) electrons. The van der Waals surface area contributed by atoms with Crippen molar-refractivity contribution in [3.8, 4) is 5.75 Å². The predicted octanol–water partition coefficient (Wildman–Crippen LogP) is 2.96. The van der Waals surface area contributed by atoms with Gasteiger partial charge in [-0.2, -0.15) is 0 Å². The van der Waals surface area contributed by atoms with Gasteiger partial charge < -0.3 is 9.64 Å². The van der Waals surface area contributed by atoms with Crippen molar-refractivity contribution in [2.75, 3.05) is 24.6 Å². The number of nitrogens with zero attached hydrogens (tertiary/aromatic N) is 2. The molecule has 1 aliphatic heterocycles. The molecule has 1 saturated heterocycles. The van der Waals surface area contributed by atoms with E-state index in [1.807, 2.05) is 12.1 Å². The van der Waals surface area contributed by atoms with E-state index in [4.69, 9.17) is 4.74 Å². The molecule has 0 aromatic carbocycles. The van der Waals surface area contributed by atoms with Crippen LogP contribution in [0.15, 0.2) is 18.3 Å². The average Bonchev–Trinajstić information content (AvgIpc) is 2.79. The van der Waals surface area contributed by atoms with Gasteiger partial charge in [-0.1, -0.05) is 6.92 Å². The summed E-state index contributed by atoms with van der Waals surface area (Å²) in [5.41, 5.74) is 0. The Labute approximate surface area is 111 Å². The van der Waals surface area contributed by atoms with Gasteiger partial charge in [0.05, 0.1) is 18.7 Å². The van der Waals surface area contributed by atoms with E-state index in [0.717, 1.165) is 18.9 Å². The van der Waals surface area contributed by atoms with Gasteiger partial charge >= 0.3 is 0 Å². The van der Waals surface area contributed by atoms with Crippen molar-refractivity contribution in [3.63, 3.8) is 0 Å². The number of ether oxygens (including phenoxy) is 1. The second-order valence-electron chi connectivity index (χ2n) is 5.67. The molecule has 2 fully saturated rings. The summed E-state index contributed by atoms with van der Waals surface area (Å²) in [6, 6.07) is 3.71. The van der Waals surface area contributed by atoms with Gasteiger partial charge in [-0.05, 0) is 24.5 Å². The molecule has 2 heterocycles. The van der Waals surface area contributed by atoms with Crippen molar-refractivity contribution in [2.45, 2.75) is 25.7 Å². The molecule has 1 aliphatic carbocycles. The molecule has 2 aliphatic rings. The number of alkyl halides is 2. The molecule has 104 valence electrons. The first-order valence-corrected chi connectivity index (χ1v) is 6.76. The molecule has 3 nitrogen and oxygen atoms in total. The summed E-state index contributed by atoms with van der Waals surface area (Å²) in [5, 5.41) is 0. The number of pyridine rings is 1. The lowest BCUT2D eigenvalue weighted by molar-refractivity contribution is 0.0855. The number of aromatic nitrogens is 1. The van der Waals surface area contributed by atoms with Gasteiger partial charge in [-0.3, -0.25) is 0 Å². The second kappa shape index (κ2) is 4.62. The molecule has 0 N–H and O–H groups in total. The van der Waals surface area contributed by atoms with E-state index in [1.54, 1.807) is 6.20 Å². The van der Waals surface area contributed by atoms with Crippen molar-refractivity contribution in [1.29, 1.82) is 0 Å². The summed E-state index contributed by atoms with van der Waals surface area (Å²) >= 11 is 0. The van der Waals surface area contributed by atoms with Crippen molar-refractivity contribution in [2.24, 2.45) is 11.8 Å². The third kappa shape index (κ3) is 2.80. The lowest BCUT2D eigenvalue weighted by Crippen LogP contribution is -2.20. The molecule has 3 rings (SSSR count). The van der Waals surface area contributed by atoms with E-state index < -0.39 is 11.8 Å². The van der Waals surface area contributed by atoms with Gasteiger partial charge in [0, 0.05) is 19.5 Å². The van der Waals surface area contributed by atoms with Gasteiger partial charge in [0.15, 0.2) is 0 Å². The van der Waals surface area contributed by atoms with Crippen molar-refractivity contribution in [1.82, 2.24) is 4.98 Å². The highest BCUT2D eigenvalue weighted by atomic mass is 19.3. The van der Waals surface area contributed by atoms with E-state index in [9.17, 15) is 8.78 Å². The van der Waals surface area contributed by atoms with Crippen molar-refractivity contribution in [3.05, 3.63) is 18.3 Å². The minimum atomic E-state index is -2.51. The van der Waals surface area contributed by atoms with Gasteiger partial charge in [-0.25, -0.2) is 13.8 Å². The van der Waals surface area contributed by atoms with Crippen molar-refractivity contribution < 1.29 is 13.5 Å². The summed E-state index contributed by atoms with van der Waals surface area (Å²) in [7, 11) is 0. The van der Waals surface area contributed by atoms with Crippen LogP contribution < -0.4 is 9.64 Å². The number of rotatable bonds is 4. The minimum absolute atomic E-state index is 0.0514. The van der Waals surface area contributed by atoms with E-state index in [1.165, 1.54) is 6.42 Å². The van der Waals surface area contributed by atoms with Gasteiger partial charge in [0.2, 0.25) is 0 Å². The highest BCUT2D eigenvalue weighted by Gasteiger charge is 2.57. The number of hydrogen-bond donors (Lipinski definition) is 0. The van der Waals surface area contributed by atoms with Crippen LogP contribution in [0.4, 0.5) is 14.6 Å². The molecule has 19 heavy (non-hydrogen) atoms. The lowest BCUT2D eigenvalue weighted by Gasteiger charge is -2.17. The molecule has 1 unspecified atom stereocenters. The van der Waals surface area contributed by atoms with Gasteiger partial charge in [0.1, 0.15) is 11.6 Å². The molecular formula is C14H18F2N2O. The van der Waals surface area contributed by atoms with Crippen LogP contribution in [0.2, 0.25) is 0 Å². The number of hydrogen-bond acceptors (Lipinski definition) is 3. The topological polar surface area (TPSA) is 25.4 Å². The molecular weight excluding hydrogens is 250 g/mol. The number of anilines is 1. The smallest absolute Gasteiger partial charge is 0.255 e. The van der Waals surface area contributed by atoms with E-state index in [-0.39, 0.29) is 13.0 Å². The quantitative estimate of drug-likeness (QED) is 0.839. The summed E-state index contributed by atoms with van der Waals surface area (Å²) in [6.07, 6.45) is 2.76. The largest absolute Gasteiger partial charge is 0.491 e. The van der Waals surface area contributed by atoms with Crippen LogP contribution in [-0.2, 0) is 0 Å². The monoisotopic (exact) mass is 268 g/mol. The third-order valence-electron chi connectivity index (χ3n) is 3.88. The zero-order valence-corrected chi connectivity index (χ0v) is 11.0. The fourth-order valence-electron chi connectivity index (χ4n) is 2.44. The Kier molecular flexibility index (Phi) is 3.07. The number of halogens is 2. The Morgan fingerprint density at radius 3 is 2.79 bits per heavy atom. The van der Waals surface area contributed by atoms with Gasteiger partial charge in [-0.15, -0.1) is 0 Å². The SMILES string of the molecule is C[C@@H]1CCN(c2ccc(OCC3CC3(F)F)cn2)C1. The standard InChI is InChI=1S/C14H18F2N2O/c1-10-4-5-18(8-10)13-3-2-12(7-17-13)19-9-11-6-14(11,15)16/h2-3,7,10-11H,4-6,8-9H2,1H3/t10-,11?/m1/s1. The summed E-state index contributed by atoms with van der Waals surface area (Å²) in [4.78, 5) is 6.58. The van der Waals surface area contributed by atoms with E-state index >= 15 is 0 Å². The minimum Gasteiger partial charge on any atom is -0.491 e. The Morgan fingerprint density at radius 1 is 1.47 bits per heavy atom. The first-order valence-electron chi connectivity index (χ1n) is 6.76. The van der Waals surface area contributed by atoms with Gasteiger partial charge in [0.25, 0.3) is 5.92 Å². The normalized spacial score (nSPS) is 28.5. The highest BCUT2D eigenvalue weighted by Crippen LogP contribution is 2.48. The lowest BCUT2D eigenvalue weighted by atomic mass is 10.2. The Hall–Kier alpha value is -1.39. The molecule has 1 saturated carbocycles. The second-order valence-corrected chi connectivity index (χ2v) is 5.67. The summed E-state index contributed by atoms with van der Waals surface area (Å²) < 4.78 is 30.7. The molecule has 2 atom stereocenters. The van der Waals surface area contributed by atoms with Crippen LogP contribution in [-0.4, -0.2) is 30.6 Å². The third-order valence-corrected chi connectivity index (χ3v) is 3.88. The van der Waals surface area contributed by atoms with Crippen LogP contribution in [0.3, 0.4) is 0 Å². The zero-order valence-electron chi connectivity index (χ0n) is 11.0. The van der Waals surface area contributed by atoms with Crippen molar-refractivity contribution >= 4 is 5.82 Å². The highest BCUT2D eigenvalue weighted by molar-refractivity contribution is 5.41. The summed E-state index contributed by atoms with van der Waals surface area (Å²) in [6.45, 7) is 4.37. The Bertz CT molecular complexity index is 449. The predicted molar refractivity (Wildman–Crippen MR) is 68.8 cm³/mol. The first-order chi connectivity index (χ1) is 9.04. The fourth-order valence-corrected chi connectivity index (χ4v) is 2.44. The molecule has 1 aromatic heterocycles. The zero-order chi connectivity index (χ0) is 13.5. The maximum atomic E-state index is 12.7. The maximum Gasteiger partial charge on any atom is 0.255 e. The van der Waals surface area contributed by atoms with E-state index in [2.05, 4.69) is 16.8 Å². The van der Waals surface area contributed by atoms with Crippen LogP contribution in [0, 0.1) is 11.8 Å². The van der Waals surface area contributed by atoms with E-state index in [0.29, 0.717) is 11.7 Å². The summed E-state index contributed by atoms with van der Waals surface area (Å²) in [5.74, 6) is -0.924. The molecule has 5 heteroatoms. The van der Waals surface area contributed by atoms with Crippen LogP contribution >= 0.6 is 0 Å².